The van der Waals surface area contributed by atoms with Crippen LogP contribution in [0.15, 0.2) is 36.7 Å². The highest BCUT2D eigenvalue weighted by Crippen LogP contribution is 2.23. The van der Waals surface area contributed by atoms with Gasteiger partial charge >= 0.3 is 0 Å². The highest BCUT2D eigenvalue weighted by molar-refractivity contribution is 5.94. The number of amides is 1. The van der Waals surface area contributed by atoms with Gasteiger partial charge in [0.2, 0.25) is 0 Å². The summed E-state index contributed by atoms with van der Waals surface area (Å²) in [4.78, 5) is 24.4. The van der Waals surface area contributed by atoms with Crippen molar-refractivity contribution in [3.05, 3.63) is 53.6 Å². The average molecular weight is 309 g/mol. The van der Waals surface area contributed by atoms with Crippen molar-refractivity contribution in [2.45, 2.75) is 13.0 Å². The average Bonchev–Trinajstić information content (AvgIpc) is 3.15. The van der Waals surface area contributed by atoms with Crippen LogP contribution in [0.5, 0.6) is 0 Å². The van der Waals surface area contributed by atoms with Gasteiger partial charge in [-0.05, 0) is 30.8 Å². The second-order valence-corrected chi connectivity index (χ2v) is 5.56. The van der Waals surface area contributed by atoms with Gasteiger partial charge in [0.15, 0.2) is 0 Å². The second kappa shape index (κ2) is 6.63. The molecule has 1 atom stereocenters. The Morgan fingerprint density at radius 3 is 2.78 bits per heavy atom. The van der Waals surface area contributed by atoms with E-state index in [1.165, 1.54) is 0 Å². The van der Waals surface area contributed by atoms with E-state index in [2.05, 4.69) is 27.9 Å². The summed E-state index contributed by atoms with van der Waals surface area (Å²) in [5.41, 5.74) is 1.18. The summed E-state index contributed by atoms with van der Waals surface area (Å²) in [5, 5.41) is 8.85. The molecular weight excluding hydrogens is 290 g/mol. The number of carbonyl (C=O) groups is 1. The van der Waals surface area contributed by atoms with Gasteiger partial charge in [0, 0.05) is 37.6 Å². The number of nitrogens with one attached hydrogen (secondary N) is 1. The van der Waals surface area contributed by atoms with Crippen molar-refractivity contribution >= 4 is 5.91 Å². The number of piperazine rings is 1. The topological polar surface area (TPSA) is 76.0 Å². The van der Waals surface area contributed by atoms with Crippen molar-refractivity contribution in [3.63, 3.8) is 0 Å². The van der Waals surface area contributed by atoms with Crippen LogP contribution in [0.1, 0.15) is 34.7 Å². The number of aromatic amines is 1. The molecule has 1 aliphatic rings. The molecule has 0 bridgehead atoms. The van der Waals surface area contributed by atoms with Crippen LogP contribution in [-0.4, -0.2) is 51.9 Å². The van der Waals surface area contributed by atoms with E-state index in [-0.39, 0.29) is 11.9 Å². The molecule has 1 saturated heterocycles. The molecule has 1 unspecified atom stereocenters. The number of aromatic nitrogens is 2. The Hall–Kier alpha value is -2.65. The summed E-state index contributed by atoms with van der Waals surface area (Å²) >= 11 is 0. The van der Waals surface area contributed by atoms with Crippen LogP contribution in [0.25, 0.3) is 0 Å². The normalized spacial score (nSPS) is 18.6. The molecule has 0 spiro atoms. The Kier molecular flexibility index (Phi) is 4.40. The Labute approximate surface area is 135 Å². The fourth-order valence-electron chi connectivity index (χ4n) is 2.97. The van der Waals surface area contributed by atoms with Crippen LogP contribution in [-0.2, 0) is 0 Å². The smallest absolute Gasteiger partial charge is 0.253 e. The first-order valence-corrected chi connectivity index (χ1v) is 7.75. The number of nitrogens with zero attached hydrogens (tertiary/aromatic N) is 4. The number of benzene rings is 1. The number of H-pyrrole nitrogens is 1. The van der Waals surface area contributed by atoms with Crippen LogP contribution < -0.4 is 0 Å². The molecule has 1 N–H and O–H groups in total. The van der Waals surface area contributed by atoms with Crippen molar-refractivity contribution in [2.24, 2.45) is 0 Å². The molecule has 2 aromatic rings. The summed E-state index contributed by atoms with van der Waals surface area (Å²) in [6, 6.07) is 8.95. The maximum Gasteiger partial charge on any atom is 0.253 e. The maximum atomic E-state index is 12.7. The quantitative estimate of drug-likeness (QED) is 0.938. The highest BCUT2D eigenvalue weighted by Gasteiger charge is 2.31. The lowest BCUT2D eigenvalue weighted by Gasteiger charge is -2.40. The van der Waals surface area contributed by atoms with Crippen molar-refractivity contribution in [1.82, 2.24) is 19.8 Å². The molecule has 6 nitrogen and oxygen atoms in total. The second-order valence-electron chi connectivity index (χ2n) is 5.56. The Morgan fingerprint density at radius 2 is 2.17 bits per heavy atom. The Balaban J connectivity index is 1.77. The van der Waals surface area contributed by atoms with E-state index < -0.39 is 0 Å². The lowest BCUT2D eigenvalue weighted by atomic mass is 10.1. The first-order chi connectivity index (χ1) is 11.2. The first-order valence-electron chi connectivity index (χ1n) is 7.75. The largest absolute Gasteiger partial charge is 0.347 e. The third-order valence-electron chi connectivity index (χ3n) is 4.28. The van der Waals surface area contributed by atoms with Gasteiger partial charge in [-0.25, -0.2) is 4.98 Å². The zero-order chi connectivity index (χ0) is 16.2. The van der Waals surface area contributed by atoms with Crippen LogP contribution in [0.3, 0.4) is 0 Å². The van der Waals surface area contributed by atoms with Gasteiger partial charge in [-0.1, -0.05) is 6.92 Å². The number of imidazole rings is 1. The highest BCUT2D eigenvalue weighted by atomic mass is 16.2. The molecule has 1 aromatic carbocycles. The molecule has 6 heteroatoms. The van der Waals surface area contributed by atoms with Crippen LogP contribution >= 0.6 is 0 Å². The van der Waals surface area contributed by atoms with Gasteiger partial charge in [-0.15, -0.1) is 0 Å². The van der Waals surface area contributed by atoms with E-state index in [0.717, 1.165) is 18.9 Å². The molecule has 0 saturated carbocycles. The molecular formula is C17H19N5O. The van der Waals surface area contributed by atoms with Gasteiger partial charge in [0.05, 0.1) is 17.7 Å². The molecule has 0 radical (unpaired) electrons. The first kappa shape index (κ1) is 15.3. The summed E-state index contributed by atoms with van der Waals surface area (Å²) in [5.74, 6) is 0.894. The molecule has 23 heavy (non-hydrogen) atoms. The number of hydrogen-bond donors (Lipinski definition) is 1. The monoisotopic (exact) mass is 309 g/mol. The predicted molar refractivity (Wildman–Crippen MR) is 85.6 cm³/mol. The lowest BCUT2D eigenvalue weighted by molar-refractivity contribution is 0.0480. The number of hydrogen-bond acceptors (Lipinski definition) is 4. The third-order valence-corrected chi connectivity index (χ3v) is 4.28. The minimum absolute atomic E-state index is 0.00167. The molecule has 118 valence electrons. The number of rotatable bonds is 3. The van der Waals surface area contributed by atoms with Gasteiger partial charge in [0.25, 0.3) is 5.91 Å². The maximum absolute atomic E-state index is 12.7. The number of likely N-dealkylation sites (N-methyl/N-ethyl adjacent to an activating group) is 1. The van der Waals surface area contributed by atoms with Crippen LogP contribution in [0.2, 0.25) is 0 Å². The Morgan fingerprint density at radius 1 is 1.39 bits per heavy atom. The fourth-order valence-corrected chi connectivity index (χ4v) is 2.97. The molecule has 3 rings (SSSR count). The molecule has 1 aliphatic heterocycles. The zero-order valence-corrected chi connectivity index (χ0v) is 13.1. The molecule has 1 amide bonds. The van der Waals surface area contributed by atoms with Gasteiger partial charge in [-0.2, -0.15) is 5.26 Å². The van der Waals surface area contributed by atoms with Gasteiger partial charge in [0.1, 0.15) is 5.82 Å². The van der Waals surface area contributed by atoms with Crippen molar-refractivity contribution < 1.29 is 4.79 Å². The van der Waals surface area contributed by atoms with Crippen molar-refractivity contribution in [1.29, 1.82) is 5.26 Å². The third kappa shape index (κ3) is 3.10. The van der Waals surface area contributed by atoms with Crippen LogP contribution in [0.4, 0.5) is 0 Å². The van der Waals surface area contributed by atoms with Gasteiger partial charge < -0.3 is 9.88 Å². The van der Waals surface area contributed by atoms with E-state index in [1.807, 2.05) is 11.1 Å². The fraction of sp³-hybridized carbons (Fsp3) is 0.353. The summed E-state index contributed by atoms with van der Waals surface area (Å²) in [6.07, 6.45) is 3.55. The van der Waals surface area contributed by atoms with E-state index in [0.29, 0.717) is 24.2 Å². The van der Waals surface area contributed by atoms with Crippen LogP contribution in [0, 0.1) is 11.3 Å². The zero-order valence-electron chi connectivity index (χ0n) is 13.1. The standard InChI is InChI=1S/C17H19N5O/c1-2-21-9-10-22(12-15(21)16-19-7-8-20-16)17(23)14-5-3-13(11-18)4-6-14/h3-8,15H,2,9-10,12H2,1H3,(H,19,20). The van der Waals surface area contributed by atoms with E-state index in [1.54, 1.807) is 30.5 Å². The Bertz CT molecular complexity index is 702. The SMILES string of the molecule is CCN1CCN(C(=O)c2ccc(C#N)cc2)CC1c1ncc[nH]1. The van der Waals surface area contributed by atoms with E-state index in [4.69, 9.17) is 5.26 Å². The minimum Gasteiger partial charge on any atom is -0.347 e. The van der Waals surface area contributed by atoms with E-state index >= 15 is 0 Å². The molecule has 2 heterocycles. The summed E-state index contributed by atoms with van der Waals surface area (Å²) < 4.78 is 0. The summed E-state index contributed by atoms with van der Waals surface area (Å²) in [7, 11) is 0. The van der Waals surface area contributed by atoms with E-state index in [9.17, 15) is 4.79 Å². The van der Waals surface area contributed by atoms with Crippen molar-refractivity contribution in [3.8, 4) is 6.07 Å². The predicted octanol–water partition coefficient (Wildman–Crippen LogP) is 1.80. The minimum atomic E-state index is 0.00167. The molecule has 0 aliphatic carbocycles. The van der Waals surface area contributed by atoms with Crippen molar-refractivity contribution in [2.75, 3.05) is 26.2 Å². The van der Waals surface area contributed by atoms with Gasteiger partial charge in [-0.3, -0.25) is 9.69 Å². The summed E-state index contributed by atoms with van der Waals surface area (Å²) in [6.45, 7) is 5.17. The molecule has 1 fully saturated rings. The molecule has 1 aromatic heterocycles. The lowest BCUT2D eigenvalue weighted by Crippen LogP contribution is -2.50. The number of carbonyl (C=O) groups excluding carboxylic acids is 1. The number of nitriles is 1.